The molecule has 1 aromatic heterocycles. The molecule has 0 bridgehead atoms. The number of hydrogen-bond donors (Lipinski definition) is 0. The Morgan fingerprint density at radius 3 is 2.95 bits per heavy atom. The molecule has 0 unspecified atom stereocenters. The van der Waals surface area contributed by atoms with E-state index < -0.39 is 0 Å². The van der Waals surface area contributed by atoms with Crippen LogP contribution in [0.4, 0.5) is 0 Å². The predicted molar refractivity (Wildman–Crippen MR) is 79.6 cm³/mol. The van der Waals surface area contributed by atoms with Gasteiger partial charge in [0.15, 0.2) is 0 Å². The largest absolute Gasteiger partial charge is 0.336 e. The first kappa shape index (κ1) is 14.8. The van der Waals surface area contributed by atoms with Crippen molar-refractivity contribution < 1.29 is 4.79 Å². The highest BCUT2D eigenvalue weighted by Gasteiger charge is 2.22. The van der Waals surface area contributed by atoms with E-state index >= 15 is 0 Å². The van der Waals surface area contributed by atoms with Crippen molar-refractivity contribution in [2.24, 2.45) is 0 Å². The summed E-state index contributed by atoms with van der Waals surface area (Å²) in [4.78, 5) is 20.8. The van der Waals surface area contributed by atoms with Gasteiger partial charge in [0.1, 0.15) is 5.69 Å². The normalized spacial score (nSPS) is 17.3. The van der Waals surface area contributed by atoms with E-state index in [9.17, 15) is 4.79 Å². The third-order valence-corrected chi connectivity index (χ3v) is 4.05. The molecule has 1 fully saturated rings. The molecule has 0 spiro atoms. The average Bonchev–Trinajstić information content (AvgIpc) is 2.65. The van der Waals surface area contributed by atoms with E-state index in [0.29, 0.717) is 11.6 Å². The fraction of sp³-hybridized carbons (Fsp3) is 0.538. The molecule has 0 aromatic carbocycles. The first-order chi connectivity index (χ1) is 9.22. The SMILES string of the molecule is O=C(c1ncccc1Br)N1CCCN(CCCl)CC1. The summed E-state index contributed by atoms with van der Waals surface area (Å²) in [5.74, 6) is 0.639. The third-order valence-electron chi connectivity index (χ3n) is 3.24. The molecule has 0 N–H and O–H groups in total. The molecular formula is C13H17BrClN3O. The molecule has 0 saturated carbocycles. The second-order valence-electron chi connectivity index (χ2n) is 4.51. The van der Waals surface area contributed by atoms with Gasteiger partial charge in [-0.1, -0.05) is 0 Å². The van der Waals surface area contributed by atoms with Crippen molar-refractivity contribution in [2.45, 2.75) is 6.42 Å². The van der Waals surface area contributed by atoms with Gasteiger partial charge in [-0.2, -0.15) is 0 Å². The Bertz CT molecular complexity index is 444. The van der Waals surface area contributed by atoms with E-state index in [-0.39, 0.29) is 5.91 Å². The van der Waals surface area contributed by atoms with Crippen LogP contribution in [0.1, 0.15) is 16.9 Å². The van der Waals surface area contributed by atoms with E-state index in [1.165, 1.54) is 0 Å². The lowest BCUT2D eigenvalue weighted by Crippen LogP contribution is -2.36. The van der Waals surface area contributed by atoms with Crippen molar-refractivity contribution in [3.63, 3.8) is 0 Å². The van der Waals surface area contributed by atoms with Crippen LogP contribution in [0.2, 0.25) is 0 Å². The highest BCUT2D eigenvalue weighted by Crippen LogP contribution is 2.16. The first-order valence-corrected chi connectivity index (χ1v) is 7.73. The van der Waals surface area contributed by atoms with Gasteiger partial charge in [0, 0.05) is 42.7 Å². The lowest BCUT2D eigenvalue weighted by Gasteiger charge is -2.21. The Morgan fingerprint density at radius 1 is 1.37 bits per heavy atom. The summed E-state index contributed by atoms with van der Waals surface area (Å²) < 4.78 is 0.752. The van der Waals surface area contributed by atoms with Crippen LogP contribution in [0.3, 0.4) is 0 Å². The number of pyridine rings is 1. The zero-order chi connectivity index (χ0) is 13.7. The van der Waals surface area contributed by atoms with Crippen LogP contribution in [0, 0.1) is 0 Å². The van der Waals surface area contributed by atoms with Gasteiger partial charge >= 0.3 is 0 Å². The molecule has 0 radical (unpaired) electrons. The maximum absolute atomic E-state index is 12.4. The molecule has 0 aliphatic carbocycles. The van der Waals surface area contributed by atoms with E-state index in [1.807, 2.05) is 17.0 Å². The maximum atomic E-state index is 12.4. The summed E-state index contributed by atoms with van der Waals surface area (Å²) >= 11 is 9.15. The number of amides is 1. The zero-order valence-corrected chi connectivity index (χ0v) is 13.0. The van der Waals surface area contributed by atoms with Gasteiger partial charge in [0.25, 0.3) is 5.91 Å². The topological polar surface area (TPSA) is 36.4 Å². The van der Waals surface area contributed by atoms with E-state index in [4.69, 9.17) is 11.6 Å². The maximum Gasteiger partial charge on any atom is 0.273 e. The lowest BCUT2D eigenvalue weighted by molar-refractivity contribution is 0.0755. The van der Waals surface area contributed by atoms with E-state index in [0.717, 1.165) is 43.6 Å². The van der Waals surface area contributed by atoms with Gasteiger partial charge in [-0.15, -0.1) is 11.6 Å². The number of hydrogen-bond acceptors (Lipinski definition) is 3. The Hall–Kier alpha value is -0.650. The highest BCUT2D eigenvalue weighted by atomic mass is 79.9. The molecule has 1 aliphatic rings. The minimum Gasteiger partial charge on any atom is -0.336 e. The van der Waals surface area contributed by atoms with Crippen LogP contribution < -0.4 is 0 Å². The van der Waals surface area contributed by atoms with Crippen molar-refractivity contribution in [1.82, 2.24) is 14.8 Å². The number of halogens is 2. The average molecular weight is 347 g/mol. The fourth-order valence-electron chi connectivity index (χ4n) is 2.21. The van der Waals surface area contributed by atoms with Crippen molar-refractivity contribution in [2.75, 3.05) is 38.6 Å². The molecule has 1 amide bonds. The van der Waals surface area contributed by atoms with Gasteiger partial charge < -0.3 is 9.80 Å². The lowest BCUT2D eigenvalue weighted by atomic mass is 10.3. The Morgan fingerprint density at radius 2 is 2.21 bits per heavy atom. The molecule has 1 saturated heterocycles. The van der Waals surface area contributed by atoms with Crippen molar-refractivity contribution >= 4 is 33.4 Å². The van der Waals surface area contributed by atoms with Gasteiger partial charge in [0.05, 0.1) is 0 Å². The van der Waals surface area contributed by atoms with Crippen LogP contribution in [-0.4, -0.2) is 59.3 Å². The Kier molecular flexibility index (Phi) is 5.60. The molecule has 2 rings (SSSR count). The van der Waals surface area contributed by atoms with Crippen LogP contribution in [0.15, 0.2) is 22.8 Å². The molecule has 104 valence electrons. The molecule has 1 aliphatic heterocycles. The molecule has 2 heterocycles. The quantitative estimate of drug-likeness (QED) is 0.788. The van der Waals surface area contributed by atoms with Crippen LogP contribution in [-0.2, 0) is 0 Å². The number of aromatic nitrogens is 1. The second-order valence-corrected chi connectivity index (χ2v) is 5.74. The summed E-state index contributed by atoms with van der Waals surface area (Å²) in [6.45, 7) is 4.28. The zero-order valence-electron chi connectivity index (χ0n) is 10.7. The number of alkyl halides is 1. The summed E-state index contributed by atoms with van der Waals surface area (Å²) in [7, 11) is 0. The summed E-state index contributed by atoms with van der Waals surface area (Å²) in [5, 5.41) is 0. The number of carbonyl (C=O) groups is 1. The monoisotopic (exact) mass is 345 g/mol. The van der Waals surface area contributed by atoms with Crippen LogP contribution in [0.5, 0.6) is 0 Å². The molecule has 4 nitrogen and oxygen atoms in total. The Balaban J connectivity index is 2.02. The van der Waals surface area contributed by atoms with Crippen molar-refractivity contribution in [3.05, 3.63) is 28.5 Å². The smallest absolute Gasteiger partial charge is 0.273 e. The first-order valence-electron chi connectivity index (χ1n) is 6.40. The molecule has 1 aromatic rings. The fourth-order valence-corrected chi connectivity index (χ4v) is 2.87. The minimum atomic E-state index is 0.000184. The third kappa shape index (κ3) is 3.91. The van der Waals surface area contributed by atoms with Gasteiger partial charge in [0.2, 0.25) is 0 Å². The van der Waals surface area contributed by atoms with E-state index in [2.05, 4.69) is 25.8 Å². The molecule has 19 heavy (non-hydrogen) atoms. The van der Waals surface area contributed by atoms with Gasteiger partial charge in [-0.25, -0.2) is 4.98 Å². The van der Waals surface area contributed by atoms with Crippen LogP contribution in [0.25, 0.3) is 0 Å². The Labute approximate surface area is 126 Å². The van der Waals surface area contributed by atoms with Crippen LogP contribution >= 0.6 is 27.5 Å². The van der Waals surface area contributed by atoms with Gasteiger partial charge in [-0.05, 0) is 41.0 Å². The predicted octanol–water partition coefficient (Wildman–Crippen LogP) is 2.23. The summed E-state index contributed by atoms with van der Waals surface area (Å²) in [6.07, 6.45) is 2.63. The number of carbonyl (C=O) groups excluding carboxylic acids is 1. The molecule has 0 atom stereocenters. The minimum absolute atomic E-state index is 0.000184. The van der Waals surface area contributed by atoms with E-state index in [1.54, 1.807) is 6.20 Å². The number of nitrogens with zero attached hydrogens (tertiary/aromatic N) is 3. The standard InChI is InChI=1S/C13H17BrClN3O/c14-11-3-1-5-16-12(11)13(19)18-7-2-6-17(8-4-15)9-10-18/h1,3,5H,2,4,6-10H2. The van der Waals surface area contributed by atoms with Gasteiger partial charge in [-0.3, -0.25) is 4.79 Å². The summed E-state index contributed by atoms with van der Waals surface area (Å²) in [5.41, 5.74) is 0.494. The number of rotatable bonds is 3. The highest BCUT2D eigenvalue weighted by molar-refractivity contribution is 9.10. The molecule has 6 heteroatoms. The van der Waals surface area contributed by atoms with Crippen molar-refractivity contribution in [1.29, 1.82) is 0 Å². The summed E-state index contributed by atoms with van der Waals surface area (Å²) in [6, 6.07) is 3.66. The molecular weight excluding hydrogens is 330 g/mol. The van der Waals surface area contributed by atoms with Crippen molar-refractivity contribution in [3.8, 4) is 0 Å². The second kappa shape index (κ2) is 7.22.